The van der Waals surface area contributed by atoms with Crippen LogP contribution in [0.15, 0.2) is 34.1 Å². The molecule has 1 heterocycles. The van der Waals surface area contributed by atoms with Crippen molar-refractivity contribution < 1.29 is 4.92 Å². The summed E-state index contributed by atoms with van der Waals surface area (Å²) in [7, 11) is 0. The van der Waals surface area contributed by atoms with Crippen LogP contribution in [0.2, 0.25) is 0 Å². The zero-order chi connectivity index (χ0) is 13.1. The molecule has 0 aliphatic carbocycles. The molecule has 0 bridgehead atoms. The molecule has 0 atom stereocenters. The topological polar surface area (TPSA) is 81.2 Å². The minimum absolute atomic E-state index is 0.0554. The summed E-state index contributed by atoms with van der Waals surface area (Å²) in [6.45, 7) is 0.545. The SMILES string of the molecule is Nc1ccsc1CNc1cc([N+](=O)[O-])ccc1Br. The fraction of sp³-hybridized carbons (Fsp3) is 0.0909. The number of nitrogen functional groups attached to an aromatic ring is 1. The van der Waals surface area contributed by atoms with Crippen LogP contribution in [0, 0.1) is 10.1 Å². The number of thiophene rings is 1. The Balaban J connectivity index is 2.16. The first kappa shape index (κ1) is 12.8. The van der Waals surface area contributed by atoms with Crippen LogP contribution >= 0.6 is 27.3 Å². The van der Waals surface area contributed by atoms with Gasteiger partial charge in [-0.05, 0) is 33.4 Å². The number of nitro groups is 1. The van der Waals surface area contributed by atoms with Gasteiger partial charge in [0.15, 0.2) is 0 Å². The second-order valence-electron chi connectivity index (χ2n) is 3.57. The number of nitrogens with two attached hydrogens (primary N) is 1. The summed E-state index contributed by atoms with van der Waals surface area (Å²) >= 11 is 4.90. The maximum atomic E-state index is 10.7. The lowest BCUT2D eigenvalue weighted by Crippen LogP contribution is -2.01. The minimum Gasteiger partial charge on any atom is -0.398 e. The Labute approximate surface area is 116 Å². The second-order valence-corrected chi connectivity index (χ2v) is 5.43. The van der Waals surface area contributed by atoms with Crippen LogP contribution in [0.5, 0.6) is 0 Å². The number of nitro benzene ring substituents is 1. The van der Waals surface area contributed by atoms with Crippen molar-refractivity contribution in [2.45, 2.75) is 6.54 Å². The number of nitrogens with one attached hydrogen (secondary N) is 1. The molecule has 0 amide bonds. The summed E-state index contributed by atoms with van der Waals surface area (Å²) in [5, 5.41) is 15.7. The Bertz CT molecular complexity index is 585. The van der Waals surface area contributed by atoms with E-state index in [1.807, 2.05) is 11.4 Å². The van der Waals surface area contributed by atoms with E-state index in [1.165, 1.54) is 12.1 Å². The fourth-order valence-electron chi connectivity index (χ4n) is 1.43. The Morgan fingerprint density at radius 1 is 1.44 bits per heavy atom. The molecule has 7 heteroatoms. The predicted molar refractivity (Wildman–Crippen MR) is 76.9 cm³/mol. The Morgan fingerprint density at radius 3 is 2.83 bits per heavy atom. The van der Waals surface area contributed by atoms with Crippen LogP contribution < -0.4 is 11.1 Å². The number of hydrogen-bond donors (Lipinski definition) is 2. The molecular formula is C11H10BrN3O2S. The molecular weight excluding hydrogens is 318 g/mol. The summed E-state index contributed by atoms with van der Waals surface area (Å²) < 4.78 is 0.781. The van der Waals surface area contributed by atoms with Gasteiger partial charge in [-0.1, -0.05) is 0 Å². The highest BCUT2D eigenvalue weighted by atomic mass is 79.9. The lowest BCUT2D eigenvalue weighted by atomic mass is 10.2. The van der Waals surface area contributed by atoms with Gasteiger partial charge in [0.05, 0.1) is 17.2 Å². The number of hydrogen-bond acceptors (Lipinski definition) is 5. The molecule has 3 N–H and O–H groups in total. The molecule has 0 spiro atoms. The molecule has 94 valence electrons. The minimum atomic E-state index is -0.420. The average molecular weight is 328 g/mol. The lowest BCUT2D eigenvalue weighted by molar-refractivity contribution is -0.384. The molecule has 1 aromatic heterocycles. The summed E-state index contributed by atoms with van der Waals surface area (Å²) in [5.41, 5.74) is 7.24. The first-order chi connectivity index (χ1) is 8.58. The normalized spacial score (nSPS) is 10.3. The van der Waals surface area contributed by atoms with Crippen LogP contribution in [0.4, 0.5) is 17.1 Å². The van der Waals surface area contributed by atoms with E-state index in [1.54, 1.807) is 17.4 Å². The Hall–Kier alpha value is -1.60. The highest BCUT2D eigenvalue weighted by Gasteiger charge is 2.09. The van der Waals surface area contributed by atoms with Gasteiger partial charge in [0.25, 0.3) is 5.69 Å². The van der Waals surface area contributed by atoms with Gasteiger partial charge >= 0.3 is 0 Å². The van der Waals surface area contributed by atoms with Crippen LogP contribution in [0.25, 0.3) is 0 Å². The molecule has 0 saturated carbocycles. The van der Waals surface area contributed by atoms with Crippen molar-refractivity contribution in [3.05, 3.63) is 49.1 Å². The molecule has 18 heavy (non-hydrogen) atoms. The molecule has 5 nitrogen and oxygen atoms in total. The highest BCUT2D eigenvalue weighted by Crippen LogP contribution is 2.28. The van der Waals surface area contributed by atoms with Crippen molar-refractivity contribution in [3.8, 4) is 0 Å². The first-order valence-corrected chi connectivity index (χ1v) is 6.75. The summed E-state index contributed by atoms with van der Waals surface area (Å²) in [5.74, 6) is 0. The van der Waals surface area contributed by atoms with Gasteiger partial charge in [-0.3, -0.25) is 10.1 Å². The molecule has 2 rings (SSSR count). The van der Waals surface area contributed by atoms with Crippen LogP contribution in [0.3, 0.4) is 0 Å². The zero-order valence-corrected chi connectivity index (χ0v) is 11.6. The fourth-order valence-corrected chi connectivity index (χ4v) is 2.56. The number of rotatable bonds is 4. The van der Waals surface area contributed by atoms with E-state index < -0.39 is 4.92 Å². The predicted octanol–water partition coefficient (Wildman–Crippen LogP) is 3.61. The van der Waals surface area contributed by atoms with Gasteiger partial charge in [-0.15, -0.1) is 11.3 Å². The first-order valence-electron chi connectivity index (χ1n) is 5.07. The maximum absolute atomic E-state index is 10.7. The van der Waals surface area contributed by atoms with E-state index in [9.17, 15) is 10.1 Å². The van der Waals surface area contributed by atoms with E-state index in [0.717, 1.165) is 15.0 Å². The monoisotopic (exact) mass is 327 g/mol. The van der Waals surface area contributed by atoms with E-state index in [0.29, 0.717) is 12.2 Å². The van der Waals surface area contributed by atoms with Gasteiger partial charge in [0.1, 0.15) is 0 Å². The number of anilines is 2. The average Bonchev–Trinajstić information content (AvgIpc) is 2.73. The van der Waals surface area contributed by atoms with Crippen molar-refractivity contribution in [2.75, 3.05) is 11.1 Å². The maximum Gasteiger partial charge on any atom is 0.271 e. The lowest BCUT2D eigenvalue weighted by Gasteiger charge is -2.07. The third-order valence-electron chi connectivity index (χ3n) is 2.38. The molecule has 0 saturated heterocycles. The van der Waals surface area contributed by atoms with Gasteiger partial charge < -0.3 is 11.1 Å². The number of benzene rings is 1. The smallest absolute Gasteiger partial charge is 0.271 e. The highest BCUT2D eigenvalue weighted by molar-refractivity contribution is 9.10. The van der Waals surface area contributed by atoms with Crippen molar-refractivity contribution in [2.24, 2.45) is 0 Å². The molecule has 2 aromatic rings. The van der Waals surface area contributed by atoms with Crippen LogP contribution in [0.1, 0.15) is 4.88 Å². The largest absolute Gasteiger partial charge is 0.398 e. The standard InChI is InChI=1S/C11H10BrN3O2S/c12-8-2-1-7(15(16)17)5-10(8)14-6-11-9(13)3-4-18-11/h1-5,14H,6,13H2. The summed E-state index contributed by atoms with van der Waals surface area (Å²) in [6.07, 6.45) is 0. The van der Waals surface area contributed by atoms with Crippen LogP contribution in [-0.2, 0) is 6.54 Å². The third kappa shape index (κ3) is 2.80. The van der Waals surface area contributed by atoms with Crippen LogP contribution in [-0.4, -0.2) is 4.92 Å². The molecule has 0 aliphatic rings. The van der Waals surface area contributed by atoms with Crippen molar-refractivity contribution in [3.63, 3.8) is 0 Å². The van der Waals surface area contributed by atoms with Crippen molar-refractivity contribution in [1.82, 2.24) is 0 Å². The zero-order valence-electron chi connectivity index (χ0n) is 9.22. The van der Waals surface area contributed by atoms with Gasteiger partial charge in [0.2, 0.25) is 0 Å². The van der Waals surface area contributed by atoms with E-state index in [-0.39, 0.29) is 5.69 Å². The summed E-state index contributed by atoms with van der Waals surface area (Å²) in [4.78, 5) is 11.3. The molecule has 1 aromatic carbocycles. The number of nitrogens with zero attached hydrogens (tertiary/aromatic N) is 1. The van der Waals surface area contributed by atoms with E-state index >= 15 is 0 Å². The van der Waals surface area contributed by atoms with Crippen molar-refractivity contribution >= 4 is 44.3 Å². The molecule has 0 radical (unpaired) electrons. The summed E-state index contributed by atoms with van der Waals surface area (Å²) in [6, 6.07) is 6.44. The van der Waals surface area contributed by atoms with Gasteiger partial charge in [-0.25, -0.2) is 0 Å². The Morgan fingerprint density at radius 2 is 2.22 bits per heavy atom. The van der Waals surface area contributed by atoms with Gasteiger partial charge in [0, 0.05) is 27.2 Å². The number of halogens is 1. The third-order valence-corrected chi connectivity index (χ3v) is 4.01. The molecule has 0 aliphatic heterocycles. The molecule has 0 fully saturated rings. The number of non-ortho nitro benzene ring substituents is 1. The quantitative estimate of drug-likeness (QED) is 0.663. The van der Waals surface area contributed by atoms with Gasteiger partial charge in [-0.2, -0.15) is 0 Å². The van der Waals surface area contributed by atoms with E-state index in [2.05, 4.69) is 21.2 Å². The second kappa shape index (κ2) is 5.36. The molecule has 0 unspecified atom stereocenters. The Kier molecular flexibility index (Phi) is 3.83. The van der Waals surface area contributed by atoms with Crippen molar-refractivity contribution in [1.29, 1.82) is 0 Å². The van der Waals surface area contributed by atoms with E-state index in [4.69, 9.17) is 5.73 Å².